The van der Waals surface area contributed by atoms with Crippen LogP contribution >= 0.6 is 15.9 Å². The van der Waals surface area contributed by atoms with Crippen molar-refractivity contribution in [1.29, 1.82) is 0 Å². The zero-order valence-corrected chi connectivity index (χ0v) is 11.4. The lowest BCUT2D eigenvalue weighted by atomic mass is 9.95. The normalized spacial score (nSPS) is 12.3. The highest BCUT2D eigenvalue weighted by molar-refractivity contribution is 9.10. The molecular weight excluding hydrogens is 272 g/mol. The van der Waals surface area contributed by atoms with Gasteiger partial charge in [-0.2, -0.15) is 0 Å². The van der Waals surface area contributed by atoms with Gasteiger partial charge in [-0.15, -0.1) is 0 Å². The Labute approximate surface area is 104 Å². The number of carboxylic acid groups (broad SMARTS) is 1. The molecule has 0 aromatic heterocycles. The fourth-order valence-electron chi connectivity index (χ4n) is 1.76. The minimum absolute atomic E-state index is 0.595. The molecule has 0 saturated heterocycles. The van der Waals surface area contributed by atoms with Gasteiger partial charge in [0.1, 0.15) is 5.75 Å². The van der Waals surface area contributed by atoms with E-state index in [1.165, 1.54) is 0 Å². The summed E-state index contributed by atoms with van der Waals surface area (Å²) in [4.78, 5) is 11.1. The molecule has 0 aliphatic heterocycles. The average Bonchev–Trinajstić information content (AvgIpc) is 2.21. The highest BCUT2D eigenvalue weighted by Crippen LogP contribution is 2.38. The van der Waals surface area contributed by atoms with E-state index in [-0.39, 0.29) is 0 Å². The third kappa shape index (κ3) is 2.21. The van der Waals surface area contributed by atoms with Gasteiger partial charge in [0.05, 0.1) is 13.0 Å². The van der Waals surface area contributed by atoms with Gasteiger partial charge in [-0.05, 0) is 31.9 Å². The van der Waals surface area contributed by atoms with Crippen molar-refractivity contribution in [3.8, 4) is 5.75 Å². The Morgan fingerprint density at radius 3 is 2.44 bits per heavy atom. The largest absolute Gasteiger partial charge is 0.496 e. The highest BCUT2D eigenvalue weighted by atomic mass is 79.9. The molecule has 1 rings (SSSR count). The number of carbonyl (C=O) groups is 1. The Balaban J connectivity index is 3.50. The van der Waals surface area contributed by atoms with Gasteiger partial charge in [0.2, 0.25) is 0 Å². The van der Waals surface area contributed by atoms with Crippen LogP contribution in [0, 0.1) is 13.8 Å². The fraction of sp³-hybridized carbons (Fsp3) is 0.417. The van der Waals surface area contributed by atoms with Gasteiger partial charge in [0.15, 0.2) is 0 Å². The maximum Gasteiger partial charge on any atom is 0.310 e. The first-order chi connectivity index (χ1) is 7.40. The molecule has 0 saturated carbocycles. The third-order valence-electron chi connectivity index (χ3n) is 2.63. The van der Waals surface area contributed by atoms with E-state index in [0.29, 0.717) is 11.3 Å². The molecule has 1 aromatic rings. The quantitative estimate of drug-likeness (QED) is 0.928. The molecular formula is C12H15BrO3. The van der Waals surface area contributed by atoms with Crippen molar-refractivity contribution in [2.45, 2.75) is 26.7 Å². The number of ether oxygens (including phenoxy) is 1. The van der Waals surface area contributed by atoms with Crippen molar-refractivity contribution < 1.29 is 14.6 Å². The van der Waals surface area contributed by atoms with Crippen LogP contribution in [0.1, 0.15) is 29.5 Å². The molecule has 1 N–H and O–H groups in total. The SMILES string of the molecule is COc1c(C)cc(C)c(Br)c1C(C)C(=O)O. The number of hydrogen-bond acceptors (Lipinski definition) is 2. The van der Waals surface area contributed by atoms with E-state index in [9.17, 15) is 4.79 Å². The number of hydrogen-bond donors (Lipinski definition) is 1. The smallest absolute Gasteiger partial charge is 0.310 e. The summed E-state index contributed by atoms with van der Waals surface area (Å²) in [5, 5.41) is 9.09. The second-order valence-electron chi connectivity index (χ2n) is 3.83. The number of halogens is 1. The molecule has 1 atom stereocenters. The summed E-state index contributed by atoms with van der Waals surface area (Å²) in [5.74, 6) is -0.806. The second kappa shape index (κ2) is 4.87. The summed E-state index contributed by atoms with van der Waals surface area (Å²) in [5.41, 5.74) is 2.67. The maximum absolute atomic E-state index is 11.1. The summed E-state index contributed by atoms with van der Waals surface area (Å²) in [7, 11) is 1.56. The van der Waals surface area contributed by atoms with Crippen molar-refractivity contribution in [1.82, 2.24) is 0 Å². The number of rotatable bonds is 3. The van der Waals surface area contributed by atoms with Crippen LogP contribution in [0.3, 0.4) is 0 Å². The minimum Gasteiger partial charge on any atom is -0.496 e. The van der Waals surface area contributed by atoms with Crippen molar-refractivity contribution >= 4 is 21.9 Å². The molecule has 0 spiro atoms. The molecule has 0 radical (unpaired) electrons. The topological polar surface area (TPSA) is 46.5 Å². The number of aliphatic carboxylic acids is 1. The molecule has 1 aromatic carbocycles. The first-order valence-electron chi connectivity index (χ1n) is 4.96. The Morgan fingerprint density at radius 1 is 1.44 bits per heavy atom. The monoisotopic (exact) mass is 286 g/mol. The lowest BCUT2D eigenvalue weighted by Crippen LogP contribution is -2.11. The molecule has 0 aliphatic carbocycles. The minimum atomic E-state index is -0.857. The van der Waals surface area contributed by atoms with Gasteiger partial charge < -0.3 is 9.84 Å². The summed E-state index contributed by atoms with van der Waals surface area (Å²) in [6.07, 6.45) is 0. The first-order valence-corrected chi connectivity index (χ1v) is 5.75. The van der Waals surface area contributed by atoms with E-state index in [1.54, 1.807) is 14.0 Å². The van der Waals surface area contributed by atoms with Crippen LogP contribution in [0.2, 0.25) is 0 Å². The molecule has 0 bridgehead atoms. The van der Waals surface area contributed by atoms with Crippen molar-refractivity contribution in [2.75, 3.05) is 7.11 Å². The summed E-state index contributed by atoms with van der Waals surface area (Å²) in [6.45, 7) is 5.51. The van der Waals surface area contributed by atoms with Gasteiger partial charge in [0, 0.05) is 10.0 Å². The predicted octanol–water partition coefficient (Wildman–Crippen LogP) is 3.26. The van der Waals surface area contributed by atoms with Crippen LogP contribution < -0.4 is 4.74 Å². The zero-order chi connectivity index (χ0) is 12.5. The van der Waals surface area contributed by atoms with E-state index in [0.717, 1.165) is 15.6 Å². The van der Waals surface area contributed by atoms with E-state index in [4.69, 9.17) is 9.84 Å². The van der Waals surface area contributed by atoms with Crippen LogP contribution in [0.15, 0.2) is 10.5 Å². The number of methoxy groups -OCH3 is 1. The van der Waals surface area contributed by atoms with E-state index < -0.39 is 11.9 Å². The second-order valence-corrected chi connectivity index (χ2v) is 4.62. The predicted molar refractivity (Wildman–Crippen MR) is 66.2 cm³/mol. The van der Waals surface area contributed by atoms with Crippen molar-refractivity contribution in [3.63, 3.8) is 0 Å². The number of carboxylic acids is 1. The molecule has 1 unspecified atom stereocenters. The average molecular weight is 287 g/mol. The third-order valence-corrected chi connectivity index (χ3v) is 3.68. The van der Waals surface area contributed by atoms with Gasteiger partial charge in [-0.1, -0.05) is 22.0 Å². The molecule has 16 heavy (non-hydrogen) atoms. The van der Waals surface area contributed by atoms with Crippen LogP contribution in [0.4, 0.5) is 0 Å². The van der Waals surface area contributed by atoms with Crippen LogP contribution in [-0.4, -0.2) is 18.2 Å². The van der Waals surface area contributed by atoms with Crippen molar-refractivity contribution in [3.05, 3.63) is 27.2 Å². The van der Waals surface area contributed by atoms with Crippen LogP contribution in [-0.2, 0) is 4.79 Å². The van der Waals surface area contributed by atoms with Gasteiger partial charge in [0.25, 0.3) is 0 Å². The van der Waals surface area contributed by atoms with Crippen LogP contribution in [0.25, 0.3) is 0 Å². The molecule has 0 aliphatic rings. The maximum atomic E-state index is 11.1. The van der Waals surface area contributed by atoms with Crippen molar-refractivity contribution in [2.24, 2.45) is 0 Å². The first kappa shape index (κ1) is 13.0. The molecule has 0 heterocycles. The Hall–Kier alpha value is -1.03. The lowest BCUT2D eigenvalue weighted by Gasteiger charge is -2.18. The summed E-state index contributed by atoms with van der Waals surface area (Å²) >= 11 is 3.43. The summed E-state index contributed by atoms with van der Waals surface area (Å²) < 4.78 is 6.10. The van der Waals surface area contributed by atoms with Gasteiger partial charge in [-0.25, -0.2) is 0 Å². The van der Waals surface area contributed by atoms with E-state index in [2.05, 4.69) is 15.9 Å². The zero-order valence-electron chi connectivity index (χ0n) is 9.80. The highest BCUT2D eigenvalue weighted by Gasteiger charge is 2.23. The lowest BCUT2D eigenvalue weighted by molar-refractivity contribution is -0.138. The van der Waals surface area contributed by atoms with Crippen LogP contribution in [0.5, 0.6) is 5.75 Å². The Morgan fingerprint density at radius 2 is 2.00 bits per heavy atom. The van der Waals surface area contributed by atoms with E-state index >= 15 is 0 Å². The standard InChI is InChI=1S/C12H15BrO3/c1-6-5-7(2)11(16-4)9(10(6)13)8(3)12(14)15/h5,8H,1-4H3,(H,14,15). The molecule has 3 nitrogen and oxygen atoms in total. The summed E-state index contributed by atoms with van der Waals surface area (Å²) in [6, 6.07) is 1.97. The number of aryl methyl sites for hydroxylation is 2. The van der Waals surface area contributed by atoms with Gasteiger partial charge in [-0.3, -0.25) is 4.79 Å². The van der Waals surface area contributed by atoms with Gasteiger partial charge >= 0.3 is 5.97 Å². The molecule has 0 fully saturated rings. The Bertz CT molecular complexity index is 427. The Kier molecular flexibility index (Phi) is 3.97. The molecule has 4 heteroatoms. The fourth-order valence-corrected chi connectivity index (χ4v) is 2.40. The van der Waals surface area contributed by atoms with E-state index in [1.807, 2.05) is 19.9 Å². The molecule has 0 amide bonds. The number of benzene rings is 1. The molecule has 88 valence electrons.